The largest absolute Gasteiger partial charge is 0.378 e. The van der Waals surface area contributed by atoms with E-state index >= 15 is 0 Å². The molecule has 0 radical (unpaired) electrons. The number of ether oxygens (including phenoxy) is 1. The van der Waals surface area contributed by atoms with Crippen LogP contribution in [-0.4, -0.2) is 51.2 Å². The van der Waals surface area contributed by atoms with Crippen molar-refractivity contribution < 1.29 is 9.26 Å². The van der Waals surface area contributed by atoms with E-state index in [0.29, 0.717) is 37.2 Å². The van der Waals surface area contributed by atoms with E-state index in [1.807, 2.05) is 48.5 Å². The van der Waals surface area contributed by atoms with Gasteiger partial charge in [-0.3, -0.25) is 4.57 Å². The van der Waals surface area contributed by atoms with Gasteiger partial charge < -0.3 is 14.2 Å². The Kier molecular flexibility index (Phi) is 5.94. The third-order valence-electron chi connectivity index (χ3n) is 4.99. The molecular formula is C22H22N6O2S. The van der Waals surface area contributed by atoms with Crippen molar-refractivity contribution in [3.05, 3.63) is 72.1 Å². The Morgan fingerprint density at radius 1 is 0.903 bits per heavy atom. The van der Waals surface area contributed by atoms with E-state index in [1.165, 1.54) is 5.56 Å². The molecule has 0 spiro atoms. The van der Waals surface area contributed by atoms with Crippen LogP contribution in [0.15, 0.2) is 70.3 Å². The normalized spacial score (nSPS) is 14.1. The quantitative estimate of drug-likeness (QED) is 0.409. The van der Waals surface area contributed by atoms with E-state index in [1.54, 1.807) is 11.8 Å². The van der Waals surface area contributed by atoms with Crippen molar-refractivity contribution in [3.8, 4) is 11.5 Å². The molecule has 9 heteroatoms. The second-order valence-corrected chi connectivity index (χ2v) is 8.07. The number of hydrogen-bond donors (Lipinski definition) is 0. The monoisotopic (exact) mass is 434 g/mol. The van der Waals surface area contributed by atoms with Crippen LogP contribution in [0.3, 0.4) is 0 Å². The number of rotatable bonds is 7. The first kappa shape index (κ1) is 19.8. The summed E-state index contributed by atoms with van der Waals surface area (Å²) in [6.07, 6.45) is 0. The molecule has 8 nitrogen and oxygen atoms in total. The van der Waals surface area contributed by atoms with Gasteiger partial charge in [-0.15, -0.1) is 10.2 Å². The molecule has 158 valence electrons. The van der Waals surface area contributed by atoms with Crippen LogP contribution in [0.25, 0.3) is 11.5 Å². The molecule has 1 saturated heterocycles. The molecule has 5 rings (SSSR count). The van der Waals surface area contributed by atoms with Crippen LogP contribution in [0.5, 0.6) is 0 Å². The predicted octanol–water partition coefficient (Wildman–Crippen LogP) is 3.51. The number of morpholine rings is 1. The third-order valence-corrected chi connectivity index (χ3v) is 5.96. The molecular weight excluding hydrogens is 412 g/mol. The molecule has 0 saturated carbocycles. The van der Waals surface area contributed by atoms with Crippen LogP contribution in [-0.2, 0) is 17.0 Å². The number of hydrogen-bond acceptors (Lipinski definition) is 8. The molecule has 2 aromatic heterocycles. The Hall–Kier alpha value is -3.17. The fourth-order valence-corrected chi connectivity index (χ4v) is 4.21. The molecule has 1 aliphatic heterocycles. The van der Waals surface area contributed by atoms with E-state index in [9.17, 15) is 0 Å². The highest BCUT2D eigenvalue weighted by Crippen LogP contribution is 2.27. The lowest BCUT2D eigenvalue weighted by Crippen LogP contribution is -2.38. The van der Waals surface area contributed by atoms with E-state index in [2.05, 4.69) is 41.9 Å². The summed E-state index contributed by atoms with van der Waals surface area (Å²) in [6.45, 7) is 3.72. The van der Waals surface area contributed by atoms with Gasteiger partial charge in [0.05, 0.1) is 25.5 Å². The maximum Gasteiger partial charge on any atom is 0.257 e. The van der Waals surface area contributed by atoms with Crippen LogP contribution in [0.4, 0.5) is 5.95 Å². The first-order chi connectivity index (χ1) is 15.4. The summed E-state index contributed by atoms with van der Waals surface area (Å²) in [5, 5.41) is 13.9. The molecule has 0 bridgehead atoms. The lowest BCUT2D eigenvalue weighted by Gasteiger charge is -2.28. The van der Waals surface area contributed by atoms with E-state index < -0.39 is 0 Å². The van der Waals surface area contributed by atoms with Gasteiger partial charge in [-0.2, -0.15) is 4.98 Å². The number of anilines is 1. The minimum Gasteiger partial charge on any atom is -0.378 e. The van der Waals surface area contributed by atoms with Gasteiger partial charge >= 0.3 is 0 Å². The van der Waals surface area contributed by atoms with Crippen molar-refractivity contribution in [2.45, 2.75) is 17.5 Å². The van der Waals surface area contributed by atoms with Crippen molar-refractivity contribution in [2.24, 2.45) is 0 Å². The molecule has 2 aromatic carbocycles. The topological polar surface area (TPSA) is 82.1 Å². The van der Waals surface area contributed by atoms with Gasteiger partial charge in [-0.1, -0.05) is 65.4 Å². The number of aromatic nitrogens is 5. The van der Waals surface area contributed by atoms with Gasteiger partial charge in [-0.05, 0) is 17.7 Å². The van der Waals surface area contributed by atoms with E-state index in [0.717, 1.165) is 29.8 Å². The van der Waals surface area contributed by atoms with Gasteiger partial charge in [0.25, 0.3) is 5.89 Å². The zero-order valence-corrected chi connectivity index (χ0v) is 17.7. The molecule has 0 N–H and O–H groups in total. The summed E-state index contributed by atoms with van der Waals surface area (Å²) in [7, 11) is 0. The maximum absolute atomic E-state index is 5.50. The average Bonchev–Trinajstić information content (AvgIpc) is 3.47. The van der Waals surface area contributed by atoms with Crippen LogP contribution in [0, 0.1) is 0 Å². The average molecular weight is 435 g/mol. The van der Waals surface area contributed by atoms with Gasteiger partial charge in [0.15, 0.2) is 11.0 Å². The lowest BCUT2D eigenvalue weighted by molar-refractivity contribution is 0.121. The second-order valence-electron chi connectivity index (χ2n) is 7.12. The molecule has 0 atom stereocenters. The highest BCUT2D eigenvalue weighted by atomic mass is 32.2. The molecule has 1 fully saturated rings. The first-order valence-electron chi connectivity index (χ1n) is 10.2. The minimum atomic E-state index is 0.524. The zero-order chi connectivity index (χ0) is 20.9. The summed E-state index contributed by atoms with van der Waals surface area (Å²) in [4.78, 5) is 6.75. The van der Waals surface area contributed by atoms with Crippen molar-refractivity contribution in [1.82, 2.24) is 24.9 Å². The van der Waals surface area contributed by atoms with Gasteiger partial charge in [-0.25, -0.2) is 0 Å². The van der Waals surface area contributed by atoms with E-state index in [4.69, 9.17) is 9.26 Å². The number of benzene rings is 2. The van der Waals surface area contributed by atoms with Crippen LogP contribution >= 0.6 is 11.8 Å². The molecule has 1 aliphatic rings. The van der Waals surface area contributed by atoms with Gasteiger partial charge in [0, 0.05) is 18.7 Å². The molecule has 0 amide bonds. The lowest BCUT2D eigenvalue weighted by atomic mass is 10.2. The Labute approximate surface area is 184 Å². The van der Waals surface area contributed by atoms with Crippen molar-refractivity contribution >= 4 is 17.7 Å². The zero-order valence-electron chi connectivity index (χ0n) is 16.9. The predicted molar refractivity (Wildman–Crippen MR) is 118 cm³/mol. The van der Waals surface area contributed by atoms with Crippen LogP contribution in [0.2, 0.25) is 0 Å². The highest BCUT2D eigenvalue weighted by Gasteiger charge is 2.21. The van der Waals surface area contributed by atoms with Crippen molar-refractivity contribution in [3.63, 3.8) is 0 Å². The third kappa shape index (κ3) is 4.62. The molecule has 31 heavy (non-hydrogen) atoms. The molecule has 4 aromatic rings. The van der Waals surface area contributed by atoms with Gasteiger partial charge in [0.2, 0.25) is 5.95 Å². The Morgan fingerprint density at radius 3 is 2.42 bits per heavy atom. The summed E-state index contributed by atoms with van der Waals surface area (Å²) in [5.41, 5.74) is 2.11. The fourth-order valence-electron chi connectivity index (χ4n) is 3.43. The second kappa shape index (κ2) is 9.32. The first-order valence-corrected chi connectivity index (χ1v) is 11.2. The summed E-state index contributed by atoms with van der Waals surface area (Å²) in [6, 6.07) is 20.1. The maximum atomic E-state index is 5.50. The molecule has 0 aliphatic carbocycles. The van der Waals surface area contributed by atoms with Crippen LogP contribution in [0.1, 0.15) is 11.4 Å². The highest BCUT2D eigenvalue weighted by molar-refractivity contribution is 7.98. The van der Waals surface area contributed by atoms with Crippen LogP contribution < -0.4 is 4.90 Å². The summed E-state index contributed by atoms with van der Waals surface area (Å²) < 4.78 is 13.1. The number of thioether (sulfide) groups is 1. The minimum absolute atomic E-state index is 0.524. The fraction of sp³-hybridized carbons (Fsp3) is 0.273. The molecule has 3 heterocycles. The summed E-state index contributed by atoms with van der Waals surface area (Å²) in [5.74, 6) is 2.57. The van der Waals surface area contributed by atoms with Crippen molar-refractivity contribution in [2.75, 3.05) is 31.2 Å². The Morgan fingerprint density at radius 2 is 1.65 bits per heavy atom. The smallest absolute Gasteiger partial charge is 0.257 e. The molecule has 0 unspecified atom stereocenters. The van der Waals surface area contributed by atoms with Gasteiger partial charge in [0.1, 0.15) is 0 Å². The Bertz CT molecular complexity index is 1110. The van der Waals surface area contributed by atoms with E-state index in [-0.39, 0.29) is 0 Å². The van der Waals surface area contributed by atoms with Crippen molar-refractivity contribution in [1.29, 1.82) is 0 Å². The summed E-state index contributed by atoms with van der Waals surface area (Å²) >= 11 is 1.56. The standard InChI is InChI=1S/C22H22N6O2S/c1-3-7-17(8-4-1)15-28-21(27-11-13-29-14-12-27)24-25-22(28)31-16-19-23-20(30-26-19)18-9-5-2-6-10-18/h1-10H,11-16H2. The Balaban J connectivity index is 1.36. The number of nitrogens with zero attached hydrogens (tertiary/aromatic N) is 6. The SMILES string of the molecule is c1ccc(Cn2c(SCc3noc(-c4ccccc4)n3)nnc2N2CCOCC2)cc1.